The van der Waals surface area contributed by atoms with Crippen molar-refractivity contribution in [3.8, 4) is 0 Å². The van der Waals surface area contributed by atoms with Crippen molar-refractivity contribution in [2.24, 2.45) is 11.8 Å². The summed E-state index contributed by atoms with van der Waals surface area (Å²) in [4.78, 5) is 17.4. The van der Waals surface area contributed by atoms with Gasteiger partial charge < -0.3 is 19.0 Å². The zero-order chi connectivity index (χ0) is 13.5. The average molecular weight is 274 g/mol. The topological polar surface area (TPSA) is 58.5 Å². The zero-order valence-electron chi connectivity index (χ0n) is 11.3. The first kappa shape index (κ1) is 12.0. The normalized spacial score (nSPS) is 21.3. The second kappa shape index (κ2) is 4.66. The van der Waals surface area contributed by atoms with Crippen molar-refractivity contribution in [1.82, 2.24) is 9.88 Å². The third-order valence-electron chi connectivity index (χ3n) is 4.60. The summed E-state index contributed by atoms with van der Waals surface area (Å²) in [7, 11) is 0. The summed E-state index contributed by atoms with van der Waals surface area (Å²) in [6.07, 6.45) is 3.91. The molecule has 2 aromatic rings. The Morgan fingerprint density at radius 3 is 2.80 bits per heavy atom. The van der Waals surface area contributed by atoms with E-state index in [0.717, 1.165) is 56.2 Å². The predicted octanol–water partition coefficient (Wildman–Crippen LogP) is 2.26. The summed E-state index contributed by atoms with van der Waals surface area (Å²) in [5.41, 5.74) is 2.26. The van der Waals surface area contributed by atoms with Crippen molar-refractivity contribution in [3.63, 3.8) is 0 Å². The minimum Gasteiger partial charge on any atom is -0.463 e. The molecule has 2 aromatic heterocycles. The van der Waals surface area contributed by atoms with Crippen LogP contribution in [-0.4, -0.2) is 42.1 Å². The number of rotatable bonds is 2. The van der Waals surface area contributed by atoms with Gasteiger partial charge in [-0.15, -0.1) is 0 Å². The standard InChI is InChI=1S/C15H18N2O3/c18-15(13-7-14-12(16-13)3-6-20-14)17-8-11(9-17)10-1-4-19-5-2-10/h3,6-7,10-11,16H,1-2,4-5,8-9H2. The fourth-order valence-electron chi connectivity index (χ4n) is 3.30. The van der Waals surface area contributed by atoms with E-state index >= 15 is 0 Å². The van der Waals surface area contributed by atoms with Crippen LogP contribution in [0.1, 0.15) is 23.3 Å². The van der Waals surface area contributed by atoms with Gasteiger partial charge in [-0.05, 0) is 24.7 Å². The smallest absolute Gasteiger partial charge is 0.270 e. The largest absolute Gasteiger partial charge is 0.463 e. The lowest BCUT2D eigenvalue weighted by Gasteiger charge is -2.44. The highest BCUT2D eigenvalue weighted by Gasteiger charge is 2.37. The van der Waals surface area contributed by atoms with Crippen LogP contribution in [0.3, 0.4) is 0 Å². The highest BCUT2D eigenvalue weighted by molar-refractivity contribution is 5.97. The highest BCUT2D eigenvalue weighted by atomic mass is 16.5. The van der Waals surface area contributed by atoms with Gasteiger partial charge in [-0.2, -0.15) is 0 Å². The molecule has 4 rings (SSSR count). The quantitative estimate of drug-likeness (QED) is 0.913. The molecule has 2 fully saturated rings. The maximum atomic E-state index is 12.4. The molecule has 2 aliphatic heterocycles. The first-order chi connectivity index (χ1) is 9.81. The molecule has 20 heavy (non-hydrogen) atoms. The molecule has 106 valence electrons. The Morgan fingerprint density at radius 2 is 2.05 bits per heavy atom. The van der Waals surface area contributed by atoms with Crippen molar-refractivity contribution in [1.29, 1.82) is 0 Å². The number of aromatic amines is 1. The summed E-state index contributed by atoms with van der Waals surface area (Å²) in [6, 6.07) is 3.63. The third-order valence-corrected chi connectivity index (χ3v) is 4.60. The van der Waals surface area contributed by atoms with Crippen molar-refractivity contribution in [2.75, 3.05) is 26.3 Å². The Labute approximate surface area is 116 Å². The minimum atomic E-state index is 0.0831. The number of hydrogen-bond donors (Lipinski definition) is 1. The van der Waals surface area contributed by atoms with Crippen LogP contribution in [0.25, 0.3) is 11.1 Å². The number of furan rings is 1. The zero-order valence-corrected chi connectivity index (χ0v) is 11.3. The third kappa shape index (κ3) is 1.93. The van der Waals surface area contributed by atoms with E-state index in [1.54, 1.807) is 12.3 Å². The van der Waals surface area contributed by atoms with E-state index in [4.69, 9.17) is 9.15 Å². The Bertz CT molecular complexity index is 589. The summed E-state index contributed by atoms with van der Waals surface area (Å²) < 4.78 is 10.7. The Kier molecular flexibility index (Phi) is 2.80. The Hall–Kier alpha value is -1.75. The van der Waals surface area contributed by atoms with E-state index in [1.165, 1.54) is 0 Å². The van der Waals surface area contributed by atoms with Crippen LogP contribution in [0.5, 0.6) is 0 Å². The number of H-pyrrole nitrogens is 1. The van der Waals surface area contributed by atoms with Gasteiger partial charge in [-0.1, -0.05) is 0 Å². The summed E-state index contributed by atoms with van der Waals surface area (Å²) >= 11 is 0. The Balaban J connectivity index is 1.40. The van der Waals surface area contributed by atoms with Gasteiger partial charge in [-0.3, -0.25) is 4.79 Å². The molecule has 0 saturated carbocycles. The number of carbonyl (C=O) groups is 1. The second-order valence-electron chi connectivity index (χ2n) is 5.80. The molecule has 5 nitrogen and oxygen atoms in total. The number of carbonyl (C=O) groups excluding carboxylic acids is 1. The van der Waals surface area contributed by atoms with E-state index in [1.807, 2.05) is 11.0 Å². The first-order valence-electron chi connectivity index (χ1n) is 7.24. The number of hydrogen-bond acceptors (Lipinski definition) is 3. The van der Waals surface area contributed by atoms with Crippen LogP contribution in [0, 0.1) is 11.8 Å². The molecule has 0 atom stereocenters. The van der Waals surface area contributed by atoms with Crippen LogP contribution < -0.4 is 0 Å². The molecule has 2 saturated heterocycles. The summed E-state index contributed by atoms with van der Waals surface area (Å²) in [5.74, 6) is 1.47. The molecule has 0 unspecified atom stereocenters. The molecule has 1 N–H and O–H groups in total. The van der Waals surface area contributed by atoms with Gasteiger partial charge in [0.15, 0.2) is 5.58 Å². The number of nitrogens with one attached hydrogen (secondary N) is 1. The van der Waals surface area contributed by atoms with E-state index in [-0.39, 0.29) is 5.91 Å². The van der Waals surface area contributed by atoms with Gasteiger partial charge in [0.05, 0.1) is 11.8 Å². The first-order valence-corrected chi connectivity index (χ1v) is 7.24. The second-order valence-corrected chi connectivity index (χ2v) is 5.80. The maximum absolute atomic E-state index is 12.4. The Morgan fingerprint density at radius 1 is 1.25 bits per heavy atom. The van der Waals surface area contributed by atoms with Crippen molar-refractivity contribution in [3.05, 3.63) is 24.1 Å². The fourth-order valence-corrected chi connectivity index (χ4v) is 3.30. The lowest BCUT2D eigenvalue weighted by molar-refractivity contribution is -0.00283. The van der Waals surface area contributed by atoms with Gasteiger partial charge in [0.2, 0.25) is 0 Å². The number of amides is 1. The minimum absolute atomic E-state index is 0.0831. The summed E-state index contributed by atoms with van der Waals surface area (Å²) in [6.45, 7) is 3.51. The number of likely N-dealkylation sites (tertiary alicyclic amines) is 1. The van der Waals surface area contributed by atoms with Crippen LogP contribution in [0.2, 0.25) is 0 Å². The molecule has 1 amide bonds. The predicted molar refractivity (Wildman–Crippen MR) is 73.5 cm³/mol. The lowest BCUT2D eigenvalue weighted by atomic mass is 9.81. The lowest BCUT2D eigenvalue weighted by Crippen LogP contribution is -2.53. The van der Waals surface area contributed by atoms with Crippen LogP contribution in [0.15, 0.2) is 22.8 Å². The van der Waals surface area contributed by atoms with Crippen LogP contribution in [0.4, 0.5) is 0 Å². The highest BCUT2D eigenvalue weighted by Crippen LogP contribution is 2.32. The monoisotopic (exact) mass is 274 g/mol. The van der Waals surface area contributed by atoms with Gasteiger partial charge in [-0.25, -0.2) is 0 Å². The average Bonchev–Trinajstić information content (AvgIpc) is 2.98. The number of nitrogens with zero attached hydrogens (tertiary/aromatic N) is 1. The molecule has 0 aromatic carbocycles. The van der Waals surface area contributed by atoms with Gasteiger partial charge >= 0.3 is 0 Å². The molecule has 2 aliphatic rings. The van der Waals surface area contributed by atoms with Gasteiger partial charge in [0, 0.05) is 38.4 Å². The van der Waals surface area contributed by atoms with Crippen molar-refractivity contribution in [2.45, 2.75) is 12.8 Å². The number of aromatic nitrogens is 1. The molecule has 0 spiro atoms. The van der Waals surface area contributed by atoms with Gasteiger partial charge in [0.1, 0.15) is 5.69 Å². The van der Waals surface area contributed by atoms with Gasteiger partial charge in [0.25, 0.3) is 5.91 Å². The van der Waals surface area contributed by atoms with E-state index in [9.17, 15) is 4.79 Å². The molecular formula is C15H18N2O3. The molecule has 0 bridgehead atoms. The summed E-state index contributed by atoms with van der Waals surface area (Å²) in [5, 5.41) is 0. The van der Waals surface area contributed by atoms with E-state index in [0.29, 0.717) is 11.6 Å². The molecular weight excluding hydrogens is 256 g/mol. The SMILES string of the molecule is O=C(c1cc2occc2[nH]1)N1CC(C2CCOCC2)C1. The fraction of sp³-hybridized carbons (Fsp3) is 0.533. The van der Waals surface area contributed by atoms with Crippen molar-refractivity contribution >= 4 is 17.0 Å². The number of ether oxygens (including phenoxy) is 1. The molecule has 0 radical (unpaired) electrons. The van der Waals surface area contributed by atoms with Crippen LogP contribution in [-0.2, 0) is 4.74 Å². The molecule has 0 aliphatic carbocycles. The maximum Gasteiger partial charge on any atom is 0.270 e. The van der Waals surface area contributed by atoms with Crippen molar-refractivity contribution < 1.29 is 13.9 Å². The molecule has 5 heteroatoms. The molecule has 4 heterocycles. The van der Waals surface area contributed by atoms with E-state index in [2.05, 4.69) is 4.98 Å². The van der Waals surface area contributed by atoms with Crippen LogP contribution >= 0.6 is 0 Å². The number of fused-ring (bicyclic) bond motifs is 1. The van der Waals surface area contributed by atoms with E-state index < -0.39 is 0 Å².